The van der Waals surface area contributed by atoms with E-state index < -0.39 is 52.5 Å². The van der Waals surface area contributed by atoms with Gasteiger partial charge in [-0.15, -0.1) is 0 Å². The normalized spacial score (nSPS) is 28.3. The fourth-order valence-corrected chi connectivity index (χ4v) is 3.64. The van der Waals surface area contributed by atoms with Crippen molar-refractivity contribution < 1.29 is 78.6 Å². The van der Waals surface area contributed by atoms with E-state index in [1.54, 1.807) is 0 Å². The monoisotopic (exact) mass is 427 g/mol. The number of nitrogen functional groups attached to an aromatic ring is 1. The molecule has 144 valence electrons. The van der Waals surface area contributed by atoms with Crippen LogP contribution in [-0.2, 0) is 22.7 Å². The quantitative estimate of drug-likeness (QED) is 0.185. The van der Waals surface area contributed by atoms with Crippen LogP contribution in [0.2, 0.25) is 0 Å². The predicted octanol–water partition coefficient (Wildman–Crippen LogP) is -5.21. The Balaban J connectivity index is 0.00000338. The van der Waals surface area contributed by atoms with Crippen LogP contribution in [0.25, 0.3) is 0 Å². The molecule has 1 aliphatic rings. The van der Waals surface area contributed by atoms with Crippen LogP contribution < -0.4 is 41.0 Å². The van der Waals surface area contributed by atoms with Crippen molar-refractivity contribution >= 4 is 21.5 Å². The molecule has 1 aromatic rings. The molecule has 0 bridgehead atoms. The number of aromatic nitrogens is 2. The smallest absolute Gasteiger partial charge is 1.00 e. The van der Waals surface area contributed by atoms with Crippen LogP contribution in [0.15, 0.2) is 17.1 Å². The Bertz CT molecular complexity index is 791. The van der Waals surface area contributed by atoms with Gasteiger partial charge in [-0.2, -0.15) is 9.29 Å². The second-order valence-electron chi connectivity index (χ2n) is 4.93. The average molecular weight is 427 g/mol. The van der Waals surface area contributed by atoms with Crippen molar-refractivity contribution in [2.24, 2.45) is 0 Å². The molecule has 1 aromatic heterocycles. The molecule has 5 atom stereocenters. The molecule has 0 aromatic carbocycles. The Morgan fingerprint density at radius 3 is 2.46 bits per heavy atom. The number of hydrogen-bond acceptors (Lipinski definition) is 10. The fourth-order valence-electron chi connectivity index (χ4n) is 2.04. The number of rotatable bonds is 6. The summed E-state index contributed by atoms with van der Waals surface area (Å²) >= 11 is 0. The number of nitrogens with zero attached hydrogens (tertiary/aromatic N) is 2. The topological polar surface area (TPSA) is 224 Å². The molecule has 17 heteroatoms. The van der Waals surface area contributed by atoms with Gasteiger partial charge in [0.2, 0.25) is 0 Å². The maximum absolute atomic E-state index is 11.7. The standard InChI is InChI=1S/C9H15N3O11P2.Na.H/c10-5-1-2-12(9(15)11-5)8-7(14)6(13)4(22-8)3-21-25(19,20)23-24(16,17)18;;/h1-2,4,6-8,13-14H,3H2,(H,19,20)(H2,10,11,15)(H2,16,17,18);;/q;+1;-1/t4-,6-,7-,8-;;/m1../s1. The molecule has 14 nitrogen and oxygen atoms in total. The summed E-state index contributed by atoms with van der Waals surface area (Å²) in [5.41, 5.74) is 4.45. The molecular formula is C9H16N3NaO11P2. The van der Waals surface area contributed by atoms with E-state index in [9.17, 15) is 24.1 Å². The van der Waals surface area contributed by atoms with E-state index in [1.807, 2.05) is 0 Å². The van der Waals surface area contributed by atoms with Gasteiger partial charge in [-0.25, -0.2) is 13.9 Å². The van der Waals surface area contributed by atoms with Gasteiger partial charge in [0.1, 0.15) is 24.1 Å². The van der Waals surface area contributed by atoms with Crippen LogP contribution in [0.1, 0.15) is 7.65 Å². The Kier molecular flexibility index (Phi) is 8.15. The first-order chi connectivity index (χ1) is 11.4. The molecule has 0 radical (unpaired) electrons. The molecular weight excluding hydrogens is 411 g/mol. The largest absolute Gasteiger partial charge is 1.00 e. The molecule has 0 spiro atoms. The summed E-state index contributed by atoms with van der Waals surface area (Å²) in [6.07, 6.45) is -4.93. The zero-order valence-corrected chi connectivity index (χ0v) is 17.0. The van der Waals surface area contributed by atoms with Gasteiger partial charge in [0.25, 0.3) is 0 Å². The van der Waals surface area contributed by atoms with Gasteiger partial charge >= 0.3 is 50.9 Å². The van der Waals surface area contributed by atoms with E-state index in [2.05, 4.69) is 13.8 Å². The Hall–Kier alpha value is -0.180. The molecule has 2 heterocycles. The summed E-state index contributed by atoms with van der Waals surface area (Å²) in [6.45, 7) is -0.875. The molecule has 7 N–H and O–H groups in total. The molecule has 1 unspecified atom stereocenters. The third-order valence-electron chi connectivity index (χ3n) is 3.07. The SMILES string of the molecule is Nc1ccn([C@@H]2O[C@H](COP(=O)(O)OP(=O)(O)O)[C@@H](O)[C@H]2O)c(=O)n1.[H-].[Na+]. The molecule has 0 amide bonds. The molecule has 2 rings (SSSR count). The van der Waals surface area contributed by atoms with Gasteiger partial charge < -0.3 is 36.8 Å². The first-order valence-corrected chi connectivity index (χ1v) is 9.53. The van der Waals surface area contributed by atoms with Gasteiger partial charge in [0, 0.05) is 6.20 Å². The summed E-state index contributed by atoms with van der Waals surface area (Å²) in [5, 5.41) is 19.8. The molecule has 0 saturated carbocycles. The summed E-state index contributed by atoms with van der Waals surface area (Å²) in [4.78, 5) is 41.3. The molecule has 1 fully saturated rings. The number of phosphoric ester groups is 1. The van der Waals surface area contributed by atoms with Gasteiger partial charge in [0.05, 0.1) is 6.61 Å². The van der Waals surface area contributed by atoms with E-state index in [0.717, 1.165) is 10.8 Å². The third kappa shape index (κ3) is 6.17. The first-order valence-electron chi connectivity index (χ1n) is 6.50. The maximum Gasteiger partial charge on any atom is 1.00 e. The van der Waals surface area contributed by atoms with Crippen LogP contribution in [0, 0.1) is 0 Å². The van der Waals surface area contributed by atoms with Crippen molar-refractivity contribution in [3.8, 4) is 0 Å². The summed E-state index contributed by atoms with van der Waals surface area (Å²) in [7, 11) is -10.5. The molecule has 1 saturated heterocycles. The second kappa shape index (κ2) is 8.88. The van der Waals surface area contributed by atoms with Crippen molar-refractivity contribution in [2.45, 2.75) is 24.5 Å². The summed E-state index contributed by atoms with van der Waals surface area (Å²) in [6, 6.07) is 1.24. The summed E-state index contributed by atoms with van der Waals surface area (Å²) < 4.78 is 35.8. The number of hydrogen-bond donors (Lipinski definition) is 6. The zero-order valence-electron chi connectivity index (χ0n) is 14.2. The van der Waals surface area contributed by atoms with Crippen LogP contribution in [-0.4, -0.2) is 59.4 Å². The number of phosphoric acid groups is 2. The molecule has 26 heavy (non-hydrogen) atoms. The number of nitrogens with two attached hydrogens (primary N) is 1. The number of anilines is 1. The number of aliphatic hydroxyl groups is 2. The average Bonchev–Trinajstić information content (AvgIpc) is 2.71. The van der Waals surface area contributed by atoms with E-state index >= 15 is 0 Å². The number of aliphatic hydroxyl groups excluding tert-OH is 2. The van der Waals surface area contributed by atoms with Gasteiger partial charge in [-0.1, -0.05) is 0 Å². The van der Waals surface area contributed by atoms with Crippen molar-refractivity contribution in [3.63, 3.8) is 0 Å². The minimum atomic E-state index is -5.30. The van der Waals surface area contributed by atoms with Crippen LogP contribution in [0.3, 0.4) is 0 Å². The first kappa shape index (κ1) is 23.9. The van der Waals surface area contributed by atoms with E-state index in [1.165, 1.54) is 6.07 Å². The van der Waals surface area contributed by atoms with Crippen molar-refractivity contribution in [3.05, 3.63) is 22.7 Å². The predicted molar refractivity (Wildman–Crippen MR) is 78.9 cm³/mol. The Morgan fingerprint density at radius 2 is 1.92 bits per heavy atom. The Labute approximate surface area is 169 Å². The van der Waals surface area contributed by atoms with E-state index in [4.69, 9.17) is 25.2 Å². The van der Waals surface area contributed by atoms with Crippen LogP contribution in [0.4, 0.5) is 5.82 Å². The third-order valence-corrected chi connectivity index (χ3v) is 5.23. The minimum Gasteiger partial charge on any atom is -1.00 e. The van der Waals surface area contributed by atoms with E-state index in [0.29, 0.717) is 0 Å². The van der Waals surface area contributed by atoms with Gasteiger partial charge in [-0.3, -0.25) is 9.09 Å². The minimum absolute atomic E-state index is 0. The molecule has 0 aliphatic carbocycles. The van der Waals surface area contributed by atoms with Gasteiger partial charge in [-0.05, 0) is 6.07 Å². The van der Waals surface area contributed by atoms with Crippen molar-refractivity contribution in [1.29, 1.82) is 0 Å². The second-order valence-corrected chi connectivity index (χ2v) is 7.75. The Morgan fingerprint density at radius 1 is 1.31 bits per heavy atom. The van der Waals surface area contributed by atoms with Crippen molar-refractivity contribution in [2.75, 3.05) is 12.3 Å². The fraction of sp³-hybridized carbons (Fsp3) is 0.556. The number of ether oxygens (including phenoxy) is 1. The van der Waals surface area contributed by atoms with Crippen LogP contribution in [0.5, 0.6) is 0 Å². The summed E-state index contributed by atoms with van der Waals surface area (Å²) in [5.74, 6) is -0.0787. The molecule has 1 aliphatic heterocycles. The maximum atomic E-state index is 11.7. The van der Waals surface area contributed by atoms with Crippen LogP contribution >= 0.6 is 15.6 Å². The van der Waals surface area contributed by atoms with E-state index in [-0.39, 0.29) is 36.8 Å². The van der Waals surface area contributed by atoms with Crippen molar-refractivity contribution in [1.82, 2.24) is 9.55 Å². The van der Waals surface area contributed by atoms with Gasteiger partial charge in [0.15, 0.2) is 6.23 Å². The zero-order chi connectivity index (χ0) is 19.0.